The molecule has 0 aliphatic carbocycles. The summed E-state index contributed by atoms with van der Waals surface area (Å²) >= 11 is 0. The maximum Gasteiger partial charge on any atom is 0.165 e. The summed E-state index contributed by atoms with van der Waals surface area (Å²) in [5.41, 5.74) is 6.86. The van der Waals surface area contributed by atoms with E-state index in [1.807, 2.05) is 13.8 Å². The van der Waals surface area contributed by atoms with Crippen molar-refractivity contribution in [2.24, 2.45) is 0 Å². The predicted molar refractivity (Wildman–Crippen MR) is 106 cm³/mol. The van der Waals surface area contributed by atoms with E-state index >= 15 is 0 Å². The molecule has 0 radical (unpaired) electrons. The van der Waals surface area contributed by atoms with Gasteiger partial charge in [0.05, 0.1) is 0 Å². The van der Waals surface area contributed by atoms with Crippen LogP contribution in [-0.2, 0) is 0 Å². The van der Waals surface area contributed by atoms with E-state index in [4.69, 9.17) is 0 Å². The van der Waals surface area contributed by atoms with E-state index < -0.39 is 8.07 Å². The van der Waals surface area contributed by atoms with E-state index in [0.29, 0.717) is 0 Å². The molecule has 0 saturated carbocycles. The lowest BCUT2D eigenvalue weighted by atomic mass is 10.3. The zero-order chi connectivity index (χ0) is 16.7. The summed E-state index contributed by atoms with van der Waals surface area (Å²) in [6.07, 6.45) is 4.30. The highest BCUT2D eigenvalue weighted by molar-refractivity contribution is 7.09. The molecule has 23 heavy (non-hydrogen) atoms. The van der Waals surface area contributed by atoms with E-state index in [0.717, 1.165) is 11.1 Å². The summed E-state index contributed by atoms with van der Waals surface area (Å²) in [5, 5.41) is 2.72. The summed E-state index contributed by atoms with van der Waals surface area (Å²) in [6.45, 7) is 12.1. The van der Waals surface area contributed by atoms with Crippen LogP contribution < -0.4 is 10.4 Å². The van der Waals surface area contributed by atoms with Crippen LogP contribution in [0.3, 0.4) is 0 Å². The third kappa shape index (κ3) is 4.30. The number of hydrogen-bond donors (Lipinski definition) is 0. The van der Waals surface area contributed by atoms with Crippen molar-refractivity contribution in [2.45, 2.75) is 13.8 Å². The minimum atomic E-state index is -2.16. The van der Waals surface area contributed by atoms with Crippen LogP contribution in [0.5, 0.6) is 0 Å². The molecule has 2 aromatic carbocycles. The fourth-order valence-corrected chi connectivity index (χ4v) is 6.38. The molecule has 2 rings (SSSR count). The monoisotopic (exact) mass is 316 g/mol. The Bertz CT molecular complexity index is 656. The Morgan fingerprint density at radius 2 is 1.04 bits per heavy atom. The van der Waals surface area contributed by atoms with Crippen molar-refractivity contribution in [3.63, 3.8) is 0 Å². The van der Waals surface area contributed by atoms with Gasteiger partial charge in [0.25, 0.3) is 0 Å². The molecule has 1 heteroatoms. The summed E-state index contributed by atoms with van der Waals surface area (Å²) < 4.78 is 0. The number of allylic oxidation sites excluding steroid dienone is 4. The highest BCUT2D eigenvalue weighted by Crippen LogP contribution is 2.12. The molecule has 0 unspecified atom stereocenters. The van der Waals surface area contributed by atoms with Crippen LogP contribution in [0.1, 0.15) is 13.8 Å². The fourth-order valence-electron chi connectivity index (χ4n) is 2.58. The first-order valence-corrected chi connectivity index (χ1v) is 10.0. The van der Waals surface area contributed by atoms with E-state index in [-0.39, 0.29) is 0 Å². The van der Waals surface area contributed by atoms with Gasteiger partial charge in [0, 0.05) is 0 Å². The highest BCUT2D eigenvalue weighted by Gasteiger charge is 2.31. The second kappa shape index (κ2) is 7.75. The SMILES string of the molecule is C=C(C)/C=C/[Si](/C=C/C(=C)C)(c1ccccc1)c1ccccc1. The van der Waals surface area contributed by atoms with Crippen molar-refractivity contribution < 1.29 is 0 Å². The third-order valence-electron chi connectivity index (χ3n) is 3.76. The summed E-state index contributed by atoms with van der Waals surface area (Å²) in [5.74, 6) is 0. The van der Waals surface area contributed by atoms with Crippen LogP contribution in [0.4, 0.5) is 0 Å². The van der Waals surface area contributed by atoms with Gasteiger partial charge in [0.2, 0.25) is 0 Å². The van der Waals surface area contributed by atoms with Gasteiger partial charge in [-0.2, -0.15) is 0 Å². The summed E-state index contributed by atoms with van der Waals surface area (Å²) in [7, 11) is -2.16. The van der Waals surface area contributed by atoms with E-state index in [1.165, 1.54) is 10.4 Å². The Morgan fingerprint density at radius 3 is 1.35 bits per heavy atom. The maximum absolute atomic E-state index is 4.03. The number of rotatable bonds is 6. The van der Waals surface area contributed by atoms with Gasteiger partial charge in [0.1, 0.15) is 0 Å². The molecule has 0 bridgehead atoms. The standard InChI is InChI=1S/C22H24Si/c1-19(2)15-17-23(18-16-20(3)4,21-11-7-5-8-12-21)22-13-9-6-10-14-22/h5-18H,1,3H2,2,4H3/b17-15+,18-16+. The molecule has 0 heterocycles. The Balaban J connectivity index is 2.72. The maximum atomic E-state index is 4.03. The van der Waals surface area contributed by atoms with Gasteiger partial charge in [0.15, 0.2) is 8.07 Å². The fraction of sp³-hybridized carbons (Fsp3) is 0.0909. The molecule has 0 aliphatic rings. The smallest absolute Gasteiger partial charge is 0.0961 e. The van der Waals surface area contributed by atoms with Crippen LogP contribution >= 0.6 is 0 Å². The van der Waals surface area contributed by atoms with Crippen LogP contribution in [-0.4, -0.2) is 8.07 Å². The van der Waals surface area contributed by atoms with Gasteiger partial charge in [-0.25, -0.2) is 0 Å². The minimum absolute atomic E-state index is 1.07. The molecule has 0 aromatic heterocycles. The van der Waals surface area contributed by atoms with Crippen LogP contribution in [0.25, 0.3) is 0 Å². The molecule has 0 N–H and O–H groups in total. The lowest BCUT2D eigenvalue weighted by molar-refractivity contribution is 1.56. The minimum Gasteiger partial charge on any atom is -0.0961 e. The zero-order valence-electron chi connectivity index (χ0n) is 14.0. The molecule has 0 spiro atoms. The Morgan fingerprint density at radius 1 is 0.696 bits per heavy atom. The molecule has 0 saturated heterocycles. The Labute approximate surface area is 141 Å². The van der Waals surface area contributed by atoms with Crippen LogP contribution in [0.15, 0.2) is 109 Å². The first-order valence-electron chi connectivity index (χ1n) is 7.85. The molecule has 0 atom stereocenters. The van der Waals surface area contributed by atoms with Crippen molar-refractivity contribution in [3.05, 3.63) is 109 Å². The first kappa shape index (κ1) is 17.0. The van der Waals surface area contributed by atoms with Gasteiger partial charge >= 0.3 is 0 Å². The van der Waals surface area contributed by atoms with Crippen LogP contribution in [0.2, 0.25) is 0 Å². The largest absolute Gasteiger partial charge is 0.165 e. The molecular formula is C22H24Si. The average Bonchev–Trinajstić information content (AvgIpc) is 2.56. The Kier molecular flexibility index (Phi) is 5.72. The van der Waals surface area contributed by atoms with E-state index in [2.05, 4.69) is 97.4 Å². The molecular weight excluding hydrogens is 292 g/mol. The van der Waals surface area contributed by atoms with Crippen LogP contribution in [0, 0.1) is 0 Å². The molecule has 0 fully saturated rings. The van der Waals surface area contributed by atoms with Gasteiger partial charge in [-0.15, -0.1) is 0 Å². The summed E-state index contributed by atoms with van der Waals surface area (Å²) in [4.78, 5) is 0. The summed E-state index contributed by atoms with van der Waals surface area (Å²) in [6, 6.07) is 21.5. The van der Waals surface area contributed by atoms with Crippen molar-refractivity contribution >= 4 is 18.4 Å². The molecule has 2 aromatic rings. The van der Waals surface area contributed by atoms with Crippen molar-refractivity contribution in [2.75, 3.05) is 0 Å². The van der Waals surface area contributed by atoms with Gasteiger partial charge in [-0.3, -0.25) is 0 Å². The quantitative estimate of drug-likeness (QED) is 0.540. The third-order valence-corrected chi connectivity index (χ3v) is 7.73. The zero-order valence-corrected chi connectivity index (χ0v) is 15.0. The lowest BCUT2D eigenvalue weighted by Gasteiger charge is -2.26. The number of benzene rings is 2. The first-order chi connectivity index (χ1) is 11.0. The predicted octanol–water partition coefficient (Wildman–Crippen LogP) is 4.59. The number of hydrogen-bond acceptors (Lipinski definition) is 0. The molecule has 0 nitrogen and oxygen atoms in total. The van der Waals surface area contributed by atoms with E-state index in [1.54, 1.807) is 0 Å². The molecule has 0 aliphatic heterocycles. The Hall–Kier alpha value is -2.38. The van der Waals surface area contributed by atoms with Crippen molar-refractivity contribution in [1.29, 1.82) is 0 Å². The lowest BCUT2D eigenvalue weighted by Crippen LogP contribution is -2.55. The van der Waals surface area contributed by atoms with Gasteiger partial charge in [-0.1, -0.05) is 109 Å². The van der Waals surface area contributed by atoms with E-state index in [9.17, 15) is 0 Å². The van der Waals surface area contributed by atoms with Crippen molar-refractivity contribution in [3.8, 4) is 0 Å². The second-order valence-electron chi connectivity index (χ2n) is 5.96. The van der Waals surface area contributed by atoms with Gasteiger partial charge < -0.3 is 0 Å². The normalized spacial score (nSPS) is 11.9. The van der Waals surface area contributed by atoms with Crippen molar-refractivity contribution in [1.82, 2.24) is 0 Å². The second-order valence-corrected chi connectivity index (χ2v) is 9.52. The average molecular weight is 317 g/mol. The molecule has 0 amide bonds. The van der Waals surface area contributed by atoms with Gasteiger partial charge in [-0.05, 0) is 24.2 Å². The highest BCUT2D eigenvalue weighted by atomic mass is 28.3. The molecule has 116 valence electrons. The topological polar surface area (TPSA) is 0 Å².